The lowest BCUT2D eigenvalue weighted by Crippen LogP contribution is -2.05. The van der Waals surface area contributed by atoms with E-state index in [1.54, 1.807) is 18.5 Å². The van der Waals surface area contributed by atoms with Gasteiger partial charge in [0, 0.05) is 18.9 Å². The van der Waals surface area contributed by atoms with Crippen LogP contribution in [0, 0.1) is 10.1 Å². The van der Waals surface area contributed by atoms with Crippen LogP contribution in [0.4, 0.5) is 11.5 Å². The Balaban J connectivity index is 2.48. The van der Waals surface area contributed by atoms with Crippen LogP contribution in [-0.4, -0.2) is 26.2 Å². The maximum Gasteiger partial charge on any atom is 0.276 e. The third-order valence-electron chi connectivity index (χ3n) is 2.10. The Kier molecular flexibility index (Phi) is 2.99. The lowest BCUT2D eigenvalue weighted by Gasteiger charge is -2.05. The molecule has 0 saturated heterocycles. The molecule has 2 aromatic heterocycles. The van der Waals surface area contributed by atoms with Crippen LogP contribution < -0.4 is 5.32 Å². The van der Waals surface area contributed by atoms with Crippen LogP contribution in [0.3, 0.4) is 0 Å². The van der Waals surface area contributed by atoms with E-state index in [9.17, 15) is 10.1 Å². The van der Waals surface area contributed by atoms with Crippen LogP contribution in [0.1, 0.15) is 6.92 Å². The molecule has 0 radical (unpaired) electrons. The predicted octanol–water partition coefficient (Wildman–Crippen LogP) is 1.61. The van der Waals surface area contributed by atoms with Gasteiger partial charge < -0.3 is 5.32 Å². The van der Waals surface area contributed by atoms with E-state index in [0.29, 0.717) is 18.2 Å². The molecule has 0 unspecified atom stereocenters. The van der Waals surface area contributed by atoms with Crippen molar-refractivity contribution in [3.63, 3.8) is 0 Å². The van der Waals surface area contributed by atoms with Gasteiger partial charge >= 0.3 is 0 Å². The van der Waals surface area contributed by atoms with Gasteiger partial charge in [-0.25, -0.2) is 9.67 Å². The molecule has 2 rings (SSSR count). The van der Waals surface area contributed by atoms with E-state index >= 15 is 0 Å². The molecule has 17 heavy (non-hydrogen) atoms. The number of anilines is 1. The van der Waals surface area contributed by atoms with Gasteiger partial charge in [0.1, 0.15) is 5.82 Å². The van der Waals surface area contributed by atoms with Crippen molar-refractivity contribution in [3.05, 3.63) is 40.7 Å². The molecule has 1 N–H and O–H groups in total. The van der Waals surface area contributed by atoms with Gasteiger partial charge in [-0.15, -0.1) is 0 Å². The summed E-state index contributed by atoms with van der Waals surface area (Å²) in [4.78, 5) is 14.6. The number of nitro groups is 1. The largest absolute Gasteiger partial charge is 0.370 e. The number of nitrogens with zero attached hydrogens (tertiary/aromatic N) is 4. The molecule has 0 atom stereocenters. The van der Waals surface area contributed by atoms with Gasteiger partial charge in [-0.2, -0.15) is 5.10 Å². The van der Waals surface area contributed by atoms with Gasteiger partial charge in [-0.1, -0.05) is 0 Å². The molecule has 0 bridgehead atoms. The van der Waals surface area contributed by atoms with E-state index in [0.717, 1.165) is 0 Å². The minimum Gasteiger partial charge on any atom is -0.370 e. The molecule has 0 amide bonds. The third-order valence-corrected chi connectivity index (χ3v) is 2.10. The van der Waals surface area contributed by atoms with Crippen LogP contribution in [0.15, 0.2) is 30.6 Å². The SMILES string of the molecule is CCNc1cc([N+](=O)[O-])cc(-n2cccn2)n1. The molecule has 0 saturated carbocycles. The first-order valence-corrected chi connectivity index (χ1v) is 5.11. The number of aromatic nitrogens is 3. The molecule has 7 nitrogen and oxygen atoms in total. The van der Waals surface area contributed by atoms with Gasteiger partial charge in [0.2, 0.25) is 0 Å². The molecule has 0 aromatic carbocycles. The zero-order valence-corrected chi connectivity index (χ0v) is 9.20. The molecule has 0 fully saturated rings. The van der Waals surface area contributed by atoms with Crippen molar-refractivity contribution < 1.29 is 4.92 Å². The smallest absolute Gasteiger partial charge is 0.276 e. The summed E-state index contributed by atoms with van der Waals surface area (Å²) >= 11 is 0. The Morgan fingerprint density at radius 3 is 2.94 bits per heavy atom. The number of pyridine rings is 1. The van der Waals surface area contributed by atoms with Crippen LogP contribution in [0.25, 0.3) is 5.82 Å². The number of nitrogens with one attached hydrogen (secondary N) is 1. The highest BCUT2D eigenvalue weighted by atomic mass is 16.6. The highest BCUT2D eigenvalue weighted by Gasteiger charge is 2.12. The van der Waals surface area contributed by atoms with Gasteiger partial charge in [0.05, 0.1) is 17.1 Å². The molecule has 0 aliphatic rings. The third kappa shape index (κ3) is 2.39. The summed E-state index contributed by atoms with van der Waals surface area (Å²) in [5, 5.41) is 17.7. The Morgan fingerprint density at radius 1 is 1.53 bits per heavy atom. The Labute approximate surface area is 97.2 Å². The first kappa shape index (κ1) is 11.1. The summed E-state index contributed by atoms with van der Waals surface area (Å²) in [5.74, 6) is 0.882. The highest BCUT2D eigenvalue weighted by molar-refractivity contribution is 5.50. The fourth-order valence-corrected chi connectivity index (χ4v) is 1.40. The van der Waals surface area contributed by atoms with Crippen LogP contribution in [-0.2, 0) is 0 Å². The van der Waals surface area contributed by atoms with Crippen molar-refractivity contribution in [1.82, 2.24) is 14.8 Å². The van der Waals surface area contributed by atoms with E-state index in [-0.39, 0.29) is 5.69 Å². The Bertz CT molecular complexity index is 523. The monoisotopic (exact) mass is 233 g/mol. The number of hydrogen-bond donors (Lipinski definition) is 1. The van der Waals surface area contributed by atoms with Gasteiger partial charge in [0.25, 0.3) is 5.69 Å². The zero-order valence-electron chi connectivity index (χ0n) is 9.20. The number of hydrogen-bond acceptors (Lipinski definition) is 5. The molecule has 2 aromatic rings. The second-order valence-electron chi connectivity index (χ2n) is 3.31. The summed E-state index contributed by atoms with van der Waals surface area (Å²) in [6.45, 7) is 2.54. The van der Waals surface area contributed by atoms with Crippen molar-refractivity contribution in [3.8, 4) is 5.82 Å². The minimum absolute atomic E-state index is 0.0125. The lowest BCUT2D eigenvalue weighted by atomic mass is 10.3. The van der Waals surface area contributed by atoms with Crippen molar-refractivity contribution in [2.75, 3.05) is 11.9 Å². The normalized spacial score (nSPS) is 10.2. The number of rotatable bonds is 4. The molecular formula is C10H11N5O2. The van der Waals surface area contributed by atoms with Gasteiger partial charge in [-0.05, 0) is 13.0 Å². The molecule has 7 heteroatoms. The summed E-state index contributed by atoms with van der Waals surface area (Å²) in [6.07, 6.45) is 3.27. The average Bonchev–Trinajstić information content (AvgIpc) is 2.82. The predicted molar refractivity (Wildman–Crippen MR) is 62.2 cm³/mol. The average molecular weight is 233 g/mol. The first-order valence-electron chi connectivity index (χ1n) is 5.11. The maximum absolute atomic E-state index is 10.8. The van der Waals surface area contributed by atoms with E-state index in [4.69, 9.17) is 0 Å². The van der Waals surface area contributed by atoms with Crippen LogP contribution in [0.5, 0.6) is 0 Å². The van der Waals surface area contributed by atoms with E-state index in [2.05, 4.69) is 15.4 Å². The quantitative estimate of drug-likeness (QED) is 0.640. The summed E-state index contributed by atoms with van der Waals surface area (Å²) in [6, 6.07) is 4.51. The molecule has 0 spiro atoms. The molecule has 2 heterocycles. The molecular weight excluding hydrogens is 222 g/mol. The van der Waals surface area contributed by atoms with Crippen molar-refractivity contribution in [2.24, 2.45) is 0 Å². The van der Waals surface area contributed by atoms with Gasteiger partial charge in [-0.3, -0.25) is 10.1 Å². The molecule has 0 aliphatic carbocycles. The second-order valence-corrected chi connectivity index (χ2v) is 3.31. The first-order chi connectivity index (χ1) is 8.20. The summed E-state index contributed by atoms with van der Waals surface area (Å²) in [7, 11) is 0. The highest BCUT2D eigenvalue weighted by Crippen LogP contribution is 2.19. The van der Waals surface area contributed by atoms with Crippen molar-refractivity contribution in [1.29, 1.82) is 0 Å². The standard InChI is InChI=1S/C10H11N5O2/c1-2-11-9-6-8(15(16)17)7-10(13-9)14-5-3-4-12-14/h3-7H,2H2,1H3,(H,11,13). The fraction of sp³-hybridized carbons (Fsp3) is 0.200. The zero-order chi connectivity index (χ0) is 12.3. The van der Waals surface area contributed by atoms with Crippen LogP contribution >= 0.6 is 0 Å². The van der Waals surface area contributed by atoms with Crippen molar-refractivity contribution >= 4 is 11.5 Å². The van der Waals surface area contributed by atoms with Crippen LogP contribution in [0.2, 0.25) is 0 Å². The summed E-state index contributed by atoms with van der Waals surface area (Å²) < 4.78 is 1.48. The minimum atomic E-state index is -0.449. The van der Waals surface area contributed by atoms with Crippen molar-refractivity contribution in [2.45, 2.75) is 6.92 Å². The summed E-state index contributed by atoms with van der Waals surface area (Å²) in [5.41, 5.74) is -0.0125. The van der Waals surface area contributed by atoms with E-state index in [1.165, 1.54) is 16.8 Å². The molecule has 0 aliphatic heterocycles. The van der Waals surface area contributed by atoms with E-state index < -0.39 is 4.92 Å². The Morgan fingerprint density at radius 2 is 2.35 bits per heavy atom. The Hall–Kier alpha value is -2.44. The second kappa shape index (κ2) is 4.60. The lowest BCUT2D eigenvalue weighted by molar-refractivity contribution is -0.384. The molecule has 88 valence electrons. The van der Waals surface area contributed by atoms with E-state index in [1.807, 2.05) is 6.92 Å². The topological polar surface area (TPSA) is 85.9 Å². The maximum atomic E-state index is 10.8. The van der Waals surface area contributed by atoms with Gasteiger partial charge in [0.15, 0.2) is 5.82 Å². The fourth-order valence-electron chi connectivity index (χ4n) is 1.40.